The van der Waals surface area contributed by atoms with Gasteiger partial charge >= 0.3 is 6.03 Å². The van der Waals surface area contributed by atoms with Crippen LogP contribution in [-0.4, -0.2) is 30.4 Å². The first-order valence-corrected chi connectivity index (χ1v) is 11.9. The lowest BCUT2D eigenvalue weighted by molar-refractivity contribution is -0.122. The number of anilines is 2. The predicted octanol–water partition coefficient (Wildman–Crippen LogP) is 5.64. The molecule has 0 bridgehead atoms. The number of halogens is 3. The van der Waals surface area contributed by atoms with Gasteiger partial charge in [-0.3, -0.25) is 19.7 Å². The summed E-state index contributed by atoms with van der Waals surface area (Å²) in [6, 6.07) is 15.2. The summed E-state index contributed by atoms with van der Waals surface area (Å²) in [7, 11) is 0. The van der Waals surface area contributed by atoms with Gasteiger partial charge in [0.2, 0.25) is 0 Å². The third-order valence-electron chi connectivity index (χ3n) is 5.28. The fourth-order valence-corrected chi connectivity index (χ4v) is 4.23. The van der Waals surface area contributed by atoms with Gasteiger partial charge in [0.15, 0.2) is 12.4 Å². The molecule has 188 valence electrons. The fourth-order valence-electron chi connectivity index (χ4n) is 3.49. The van der Waals surface area contributed by atoms with Crippen LogP contribution in [-0.2, 0) is 14.4 Å². The van der Waals surface area contributed by atoms with E-state index in [0.717, 1.165) is 10.5 Å². The van der Waals surface area contributed by atoms with Crippen molar-refractivity contribution in [3.05, 3.63) is 92.4 Å². The second-order valence-electron chi connectivity index (χ2n) is 7.90. The van der Waals surface area contributed by atoms with Gasteiger partial charge in [-0.2, -0.15) is 0 Å². The second kappa shape index (κ2) is 11.0. The zero-order valence-electron chi connectivity index (χ0n) is 19.2. The number of ether oxygens (including phenoxy) is 1. The zero-order valence-corrected chi connectivity index (χ0v) is 21.4. The first kappa shape index (κ1) is 26.2. The van der Waals surface area contributed by atoms with Crippen LogP contribution in [0.15, 0.2) is 66.2 Å². The lowest BCUT2D eigenvalue weighted by Crippen LogP contribution is -2.54. The zero-order chi connectivity index (χ0) is 26.7. The van der Waals surface area contributed by atoms with Gasteiger partial charge in [0, 0.05) is 10.7 Å². The molecule has 0 radical (unpaired) electrons. The van der Waals surface area contributed by atoms with Crippen molar-refractivity contribution in [3.8, 4) is 5.75 Å². The molecule has 0 unspecified atom stereocenters. The van der Waals surface area contributed by atoms with Crippen molar-refractivity contribution in [1.82, 2.24) is 5.32 Å². The third kappa shape index (κ3) is 5.94. The molecule has 37 heavy (non-hydrogen) atoms. The molecule has 4 rings (SSSR count). The number of carbonyl (C=O) groups is 4. The topological polar surface area (TPSA) is 105 Å². The minimum atomic E-state index is -0.891. The highest BCUT2D eigenvalue weighted by Gasteiger charge is 2.36. The third-order valence-corrected chi connectivity index (χ3v) is 6.10. The number of nitrogens with zero attached hydrogens (tertiary/aromatic N) is 1. The van der Waals surface area contributed by atoms with Crippen LogP contribution in [0, 0.1) is 6.92 Å². The van der Waals surface area contributed by atoms with E-state index in [1.165, 1.54) is 42.5 Å². The second-order valence-corrected chi connectivity index (χ2v) is 9.15. The van der Waals surface area contributed by atoms with Crippen LogP contribution < -0.4 is 20.3 Å². The Morgan fingerprint density at radius 2 is 1.65 bits per heavy atom. The summed E-state index contributed by atoms with van der Waals surface area (Å²) in [5.41, 5.74) is 1.76. The van der Waals surface area contributed by atoms with Crippen LogP contribution >= 0.6 is 34.8 Å². The highest BCUT2D eigenvalue weighted by Crippen LogP contribution is 2.35. The highest BCUT2D eigenvalue weighted by atomic mass is 35.5. The molecule has 1 fully saturated rings. The van der Waals surface area contributed by atoms with Gasteiger partial charge < -0.3 is 10.1 Å². The Kier molecular flexibility index (Phi) is 7.83. The van der Waals surface area contributed by atoms with Crippen LogP contribution in [0.2, 0.25) is 15.1 Å². The average molecular weight is 559 g/mol. The highest BCUT2D eigenvalue weighted by molar-refractivity contribution is 6.40. The van der Waals surface area contributed by atoms with E-state index in [2.05, 4.69) is 10.6 Å². The average Bonchev–Trinajstić information content (AvgIpc) is 2.84. The quantitative estimate of drug-likeness (QED) is 0.301. The van der Waals surface area contributed by atoms with Gasteiger partial charge in [-0.25, -0.2) is 9.69 Å². The van der Waals surface area contributed by atoms with Gasteiger partial charge in [0.1, 0.15) is 5.57 Å². The Morgan fingerprint density at radius 1 is 1.00 bits per heavy atom. The number of carbonyl (C=O) groups excluding carboxylic acids is 4. The van der Waals surface area contributed by atoms with Crippen molar-refractivity contribution in [1.29, 1.82) is 0 Å². The number of para-hydroxylation sites is 1. The maximum atomic E-state index is 13.0. The lowest BCUT2D eigenvalue weighted by atomic mass is 10.1. The first-order valence-electron chi connectivity index (χ1n) is 10.8. The molecule has 3 aromatic carbocycles. The summed E-state index contributed by atoms with van der Waals surface area (Å²) < 4.78 is 5.52. The minimum absolute atomic E-state index is 0.0531. The number of hydrogen-bond acceptors (Lipinski definition) is 5. The minimum Gasteiger partial charge on any atom is -0.481 e. The smallest absolute Gasteiger partial charge is 0.335 e. The number of barbiturate groups is 1. The molecule has 11 heteroatoms. The molecule has 0 aliphatic carbocycles. The van der Waals surface area contributed by atoms with E-state index in [0.29, 0.717) is 16.3 Å². The Balaban J connectivity index is 1.53. The molecule has 3 aromatic rings. The number of rotatable bonds is 6. The van der Waals surface area contributed by atoms with E-state index < -0.39 is 23.8 Å². The molecule has 0 atom stereocenters. The maximum Gasteiger partial charge on any atom is 0.335 e. The molecular formula is C26H18Cl3N3O5. The summed E-state index contributed by atoms with van der Waals surface area (Å²) in [6.45, 7) is 1.51. The van der Waals surface area contributed by atoms with Crippen molar-refractivity contribution in [2.45, 2.75) is 6.92 Å². The number of hydrogen-bond donors (Lipinski definition) is 2. The SMILES string of the molecule is Cc1ccccc1NC(=O)COc1c(Cl)cc(/C=C2/C(=O)NC(=O)N(c3ccc(Cl)cc3)C2=O)cc1Cl. The lowest BCUT2D eigenvalue weighted by Gasteiger charge is -2.26. The maximum absolute atomic E-state index is 13.0. The Hall–Kier alpha value is -3.85. The van der Waals surface area contributed by atoms with Crippen molar-refractivity contribution in [2.75, 3.05) is 16.8 Å². The number of benzene rings is 3. The summed E-state index contributed by atoms with van der Waals surface area (Å²) in [5, 5.41) is 5.39. The largest absolute Gasteiger partial charge is 0.481 e. The molecule has 5 amide bonds. The number of nitrogens with one attached hydrogen (secondary N) is 2. The van der Waals surface area contributed by atoms with E-state index in [1.54, 1.807) is 12.1 Å². The summed E-state index contributed by atoms with van der Waals surface area (Å²) in [4.78, 5) is 50.9. The van der Waals surface area contributed by atoms with Crippen molar-refractivity contribution in [2.24, 2.45) is 0 Å². The normalized spacial score (nSPS) is 14.5. The van der Waals surface area contributed by atoms with Gasteiger partial charge in [0.25, 0.3) is 17.7 Å². The molecule has 2 N–H and O–H groups in total. The first-order chi connectivity index (χ1) is 17.6. The van der Waals surface area contributed by atoms with E-state index in [9.17, 15) is 19.2 Å². The Morgan fingerprint density at radius 3 is 2.30 bits per heavy atom. The number of urea groups is 1. The summed E-state index contributed by atoms with van der Waals surface area (Å²) >= 11 is 18.5. The van der Waals surface area contributed by atoms with E-state index in [1.807, 2.05) is 19.1 Å². The van der Waals surface area contributed by atoms with E-state index in [4.69, 9.17) is 39.5 Å². The predicted molar refractivity (Wildman–Crippen MR) is 142 cm³/mol. The molecule has 0 aromatic heterocycles. The molecule has 0 saturated carbocycles. The van der Waals surface area contributed by atoms with Crippen LogP contribution in [0.25, 0.3) is 6.08 Å². The molecular weight excluding hydrogens is 541 g/mol. The van der Waals surface area contributed by atoms with Gasteiger partial charge in [-0.1, -0.05) is 53.0 Å². The molecule has 1 heterocycles. The van der Waals surface area contributed by atoms with Gasteiger partial charge in [-0.05, 0) is 66.6 Å². The molecule has 0 spiro atoms. The van der Waals surface area contributed by atoms with Gasteiger partial charge in [-0.15, -0.1) is 0 Å². The Labute approximate surface area is 226 Å². The van der Waals surface area contributed by atoms with Crippen LogP contribution in [0.4, 0.5) is 16.2 Å². The molecule has 1 aliphatic heterocycles. The molecule has 8 nitrogen and oxygen atoms in total. The van der Waals surface area contributed by atoms with Crippen LogP contribution in [0.3, 0.4) is 0 Å². The monoisotopic (exact) mass is 557 g/mol. The number of imide groups is 2. The Bertz CT molecular complexity index is 1430. The van der Waals surface area contributed by atoms with Crippen molar-refractivity contribution >= 4 is 76.0 Å². The summed E-state index contributed by atoms with van der Waals surface area (Å²) in [5.74, 6) is -2.07. The van der Waals surface area contributed by atoms with Crippen LogP contribution in [0.1, 0.15) is 11.1 Å². The van der Waals surface area contributed by atoms with Gasteiger partial charge in [0.05, 0.1) is 15.7 Å². The van der Waals surface area contributed by atoms with E-state index in [-0.39, 0.29) is 33.7 Å². The molecule has 1 saturated heterocycles. The number of amides is 5. The fraction of sp³-hybridized carbons (Fsp3) is 0.0769. The summed E-state index contributed by atoms with van der Waals surface area (Å²) in [6.07, 6.45) is 1.25. The molecule has 1 aliphatic rings. The standard InChI is InChI=1S/C26H18Cl3N3O5/c1-14-4-2-3-5-21(14)30-22(33)13-37-23-19(28)11-15(12-20(23)29)10-18-24(34)31-26(36)32(25(18)35)17-8-6-16(27)7-9-17/h2-12H,13H2,1H3,(H,30,33)(H,31,34,36)/b18-10-. The van der Waals surface area contributed by atoms with Crippen LogP contribution in [0.5, 0.6) is 5.75 Å². The van der Waals surface area contributed by atoms with Crippen molar-refractivity contribution in [3.63, 3.8) is 0 Å². The van der Waals surface area contributed by atoms with Crippen molar-refractivity contribution < 1.29 is 23.9 Å². The van der Waals surface area contributed by atoms with E-state index >= 15 is 0 Å². The number of aryl methyl sites for hydroxylation is 1.